The zero-order valence-corrected chi connectivity index (χ0v) is 33.7. The average molecular weight is 730 g/mol. The van der Waals surface area contributed by atoms with Crippen molar-refractivity contribution in [3.63, 3.8) is 0 Å². The normalized spacial score (nSPS) is 14.0. The van der Waals surface area contributed by atoms with Crippen LogP contribution in [-0.2, 0) is 32.7 Å². The molecule has 0 amide bonds. The Morgan fingerprint density at radius 1 is 0.620 bits per heavy atom. The maximum atomic E-state index is 12.6. The van der Waals surface area contributed by atoms with E-state index in [9.17, 15) is 19.0 Å². The van der Waals surface area contributed by atoms with Gasteiger partial charge in [0, 0.05) is 12.8 Å². The van der Waals surface area contributed by atoms with E-state index in [0.29, 0.717) is 17.4 Å². The molecule has 0 radical (unpaired) electrons. The molecule has 10 heteroatoms. The highest BCUT2D eigenvalue weighted by Crippen LogP contribution is 2.38. The summed E-state index contributed by atoms with van der Waals surface area (Å²) in [5, 5.41) is 0. The number of likely N-dealkylation sites (N-methyl/N-ethyl adjacent to an activating group) is 1. The fraction of sp³-hybridized carbons (Fsp3) is 0.850. The first kappa shape index (κ1) is 48.5. The zero-order chi connectivity index (χ0) is 37.2. The van der Waals surface area contributed by atoms with Gasteiger partial charge in [0.15, 0.2) is 6.10 Å². The number of allylic oxidation sites excluding steroid dienone is 4. The van der Waals surface area contributed by atoms with E-state index in [1.54, 1.807) is 0 Å². The summed E-state index contributed by atoms with van der Waals surface area (Å²) >= 11 is 0. The molecule has 294 valence electrons. The van der Waals surface area contributed by atoms with Gasteiger partial charge in [-0.3, -0.25) is 14.2 Å². The Morgan fingerprint density at radius 2 is 1.12 bits per heavy atom. The summed E-state index contributed by atoms with van der Waals surface area (Å²) in [6.07, 6.45) is 33.4. The lowest BCUT2D eigenvalue weighted by Gasteiger charge is -2.28. The lowest BCUT2D eigenvalue weighted by atomic mass is 10.1. The standard InChI is InChI=1S/C40H76NO8P/c1-6-8-10-12-14-16-18-19-20-21-23-25-27-29-31-33-40(43)49-38(37-48-50(44,45)47-35-34-41(3,4)5)36-46-39(42)32-30-28-26-24-22-17-15-13-11-9-7-2/h10,12,16,18,38H,6-9,11,13-15,17,19-37H2,1-5H3/b12-10-,18-16-/t38-/m1/s1. The van der Waals surface area contributed by atoms with Gasteiger partial charge in [0.25, 0.3) is 7.82 Å². The molecule has 0 saturated carbocycles. The van der Waals surface area contributed by atoms with Crippen molar-refractivity contribution in [3.05, 3.63) is 24.3 Å². The fourth-order valence-corrected chi connectivity index (χ4v) is 6.01. The van der Waals surface area contributed by atoms with Crippen molar-refractivity contribution in [2.75, 3.05) is 47.5 Å². The molecule has 0 aromatic rings. The summed E-state index contributed by atoms with van der Waals surface area (Å²) in [5.74, 6) is -0.843. The molecule has 0 heterocycles. The van der Waals surface area contributed by atoms with E-state index in [-0.39, 0.29) is 32.0 Å². The number of rotatable bonds is 36. The molecule has 0 aliphatic rings. The van der Waals surface area contributed by atoms with Crippen LogP contribution < -0.4 is 4.89 Å². The first-order valence-electron chi connectivity index (χ1n) is 20.0. The highest BCUT2D eigenvalue weighted by atomic mass is 31.2. The number of phosphoric ester groups is 1. The topological polar surface area (TPSA) is 111 Å². The maximum absolute atomic E-state index is 12.6. The quantitative estimate of drug-likeness (QED) is 0.0206. The largest absolute Gasteiger partial charge is 0.756 e. The van der Waals surface area contributed by atoms with Crippen molar-refractivity contribution >= 4 is 19.8 Å². The van der Waals surface area contributed by atoms with E-state index < -0.39 is 26.5 Å². The highest BCUT2D eigenvalue weighted by Gasteiger charge is 2.21. The number of hydrogen-bond donors (Lipinski definition) is 0. The molecule has 0 saturated heterocycles. The number of unbranched alkanes of at least 4 members (excludes halogenated alkanes) is 18. The summed E-state index contributed by atoms with van der Waals surface area (Å²) in [7, 11) is 1.16. The Balaban J connectivity index is 4.41. The maximum Gasteiger partial charge on any atom is 0.306 e. The van der Waals surface area contributed by atoms with Gasteiger partial charge < -0.3 is 27.9 Å². The minimum Gasteiger partial charge on any atom is -0.756 e. The summed E-state index contributed by atoms with van der Waals surface area (Å²) in [6.45, 7) is 4.14. The third-order valence-electron chi connectivity index (χ3n) is 8.46. The summed E-state index contributed by atoms with van der Waals surface area (Å²) in [4.78, 5) is 37.3. The molecule has 50 heavy (non-hydrogen) atoms. The zero-order valence-electron chi connectivity index (χ0n) is 32.8. The number of phosphoric acid groups is 1. The lowest BCUT2D eigenvalue weighted by Crippen LogP contribution is -2.37. The van der Waals surface area contributed by atoms with E-state index in [2.05, 4.69) is 38.2 Å². The van der Waals surface area contributed by atoms with Gasteiger partial charge in [0.2, 0.25) is 0 Å². The molecule has 0 aliphatic heterocycles. The molecular weight excluding hydrogens is 653 g/mol. The van der Waals surface area contributed by atoms with Crippen LogP contribution in [0.5, 0.6) is 0 Å². The summed E-state index contributed by atoms with van der Waals surface area (Å²) in [6, 6.07) is 0. The molecular formula is C40H76NO8P. The Labute approximate surface area is 307 Å². The molecule has 0 spiro atoms. The Kier molecular flexibility index (Phi) is 32.3. The van der Waals surface area contributed by atoms with Gasteiger partial charge in [-0.05, 0) is 38.5 Å². The monoisotopic (exact) mass is 730 g/mol. The molecule has 0 rings (SSSR count). The number of quaternary nitrogens is 1. The second-order valence-electron chi connectivity index (χ2n) is 14.7. The average Bonchev–Trinajstić information content (AvgIpc) is 3.06. The van der Waals surface area contributed by atoms with Crippen molar-refractivity contribution in [1.82, 2.24) is 0 Å². The third kappa shape index (κ3) is 36.3. The van der Waals surface area contributed by atoms with Crippen LogP contribution in [0.15, 0.2) is 24.3 Å². The third-order valence-corrected chi connectivity index (χ3v) is 9.42. The number of ether oxygens (including phenoxy) is 2. The smallest absolute Gasteiger partial charge is 0.306 e. The molecule has 1 unspecified atom stereocenters. The Bertz CT molecular complexity index is 918. The first-order valence-corrected chi connectivity index (χ1v) is 21.5. The van der Waals surface area contributed by atoms with Crippen molar-refractivity contribution < 1.29 is 42.1 Å². The van der Waals surface area contributed by atoms with Crippen molar-refractivity contribution in [2.24, 2.45) is 0 Å². The van der Waals surface area contributed by atoms with Crippen LogP contribution >= 0.6 is 7.82 Å². The Morgan fingerprint density at radius 3 is 1.66 bits per heavy atom. The van der Waals surface area contributed by atoms with Gasteiger partial charge in [-0.1, -0.05) is 141 Å². The van der Waals surface area contributed by atoms with Crippen LogP contribution in [0.1, 0.15) is 168 Å². The minimum atomic E-state index is -4.62. The fourth-order valence-electron chi connectivity index (χ4n) is 5.28. The predicted molar refractivity (Wildman–Crippen MR) is 204 cm³/mol. The molecule has 0 aromatic heterocycles. The van der Waals surface area contributed by atoms with E-state index in [0.717, 1.165) is 57.8 Å². The van der Waals surface area contributed by atoms with Gasteiger partial charge >= 0.3 is 11.9 Å². The molecule has 0 fully saturated rings. The molecule has 0 aliphatic carbocycles. The van der Waals surface area contributed by atoms with Crippen molar-refractivity contribution in [1.29, 1.82) is 0 Å². The number of esters is 2. The van der Waals surface area contributed by atoms with E-state index in [4.69, 9.17) is 18.5 Å². The molecule has 0 aromatic carbocycles. The van der Waals surface area contributed by atoms with Crippen LogP contribution in [-0.4, -0.2) is 70.0 Å². The van der Waals surface area contributed by atoms with Gasteiger partial charge in [-0.2, -0.15) is 0 Å². The summed E-state index contributed by atoms with van der Waals surface area (Å²) < 4.78 is 33.8. The first-order chi connectivity index (χ1) is 24.0. The van der Waals surface area contributed by atoms with E-state index in [1.165, 1.54) is 77.0 Å². The van der Waals surface area contributed by atoms with Gasteiger partial charge in [0.05, 0.1) is 27.7 Å². The van der Waals surface area contributed by atoms with Crippen molar-refractivity contribution in [3.8, 4) is 0 Å². The van der Waals surface area contributed by atoms with E-state index in [1.807, 2.05) is 21.1 Å². The SMILES string of the molecule is CCC/C=C\C/C=C\CCCCCCCCCC(=O)O[C@H](COC(=O)CCCCCCCCCCCCC)COP(=O)([O-])OCC[N+](C)(C)C. The number of hydrogen-bond acceptors (Lipinski definition) is 8. The number of nitrogens with zero attached hydrogens (tertiary/aromatic N) is 1. The molecule has 0 bridgehead atoms. The van der Waals surface area contributed by atoms with Gasteiger partial charge in [-0.15, -0.1) is 0 Å². The Hall–Kier alpha value is -1.51. The van der Waals surface area contributed by atoms with Crippen LogP contribution in [0.25, 0.3) is 0 Å². The lowest BCUT2D eigenvalue weighted by molar-refractivity contribution is -0.870. The van der Waals surface area contributed by atoms with Crippen molar-refractivity contribution in [2.45, 2.75) is 174 Å². The molecule has 2 atom stereocenters. The minimum absolute atomic E-state index is 0.0310. The van der Waals surface area contributed by atoms with E-state index >= 15 is 0 Å². The van der Waals surface area contributed by atoms with Gasteiger partial charge in [-0.25, -0.2) is 0 Å². The highest BCUT2D eigenvalue weighted by molar-refractivity contribution is 7.45. The van der Waals surface area contributed by atoms with Crippen LogP contribution in [0.2, 0.25) is 0 Å². The molecule has 9 nitrogen and oxygen atoms in total. The second-order valence-corrected chi connectivity index (χ2v) is 16.1. The number of carbonyl (C=O) groups is 2. The molecule has 0 N–H and O–H groups in total. The van der Waals surface area contributed by atoms with Crippen LogP contribution in [0, 0.1) is 0 Å². The van der Waals surface area contributed by atoms with Crippen LogP contribution in [0.4, 0.5) is 0 Å². The summed E-state index contributed by atoms with van der Waals surface area (Å²) in [5.41, 5.74) is 0. The number of carbonyl (C=O) groups excluding carboxylic acids is 2. The second kappa shape index (κ2) is 33.3. The van der Waals surface area contributed by atoms with Gasteiger partial charge in [0.1, 0.15) is 19.8 Å². The van der Waals surface area contributed by atoms with Crippen LogP contribution in [0.3, 0.4) is 0 Å². The predicted octanol–water partition coefficient (Wildman–Crippen LogP) is 10.2.